The van der Waals surface area contributed by atoms with E-state index in [1.54, 1.807) is 12.1 Å². The van der Waals surface area contributed by atoms with Crippen LogP contribution in [-0.4, -0.2) is 11.9 Å². The van der Waals surface area contributed by atoms with Gasteiger partial charge in [-0.15, -0.1) is 0 Å². The van der Waals surface area contributed by atoms with Crippen LogP contribution in [0, 0.1) is 0 Å². The lowest BCUT2D eigenvalue weighted by Crippen LogP contribution is -2.30. The zero-order chi connectivity index (χ0) is 9.26. The first kappa shape index (κ1) is 7.60. The molecule has 0 aromatic carbocycles. The molecule has 0 saturated heterocycles. The number of carbonyl (C=O) groups excluding carboxylic acids is 1. The molecule has 0 bridgehead atoms. The minimum absolute atomic E-state index is 0.114. The molecule has 1 aliphatic rings. The van der Waals surface area contributed by atoms with Crippen molar-refractivity contribution in [1.29, 1.82) is 0 Å². The Hall–Kier alpha value is -2.04. The highest BCUT2D eigenvalue weighted by Crippen LogP contribution is 2.10. The zero-order valence-electron chi connectivity index (χ0n) is 6.65. The smallest absolute Gasteiger partial charge is 0.276 e. The molecule has 1 aromatic rings. The summed E-state index contributed by atoms with van der Waals surface area (Å²) in [7, 11) is 0. The van der Waals surface area contributed by atoms with E-state index in [1.807, 2.05) is 0 Å². The van der Waals surface area contributed by atoms with Crippen LogP contribution in [0.5, 0.6) is 0 Å². The molecule has 2 heterocycles. The second-order valence-electron chi connectivity index (χ2n) is 2.50. The molecule has 66 valence electrons. The Morgan fingerprint density at radius 1 is 1.62 bits per heavy atom. The molecule has 1 amide bonds. The molecule has 3 N–H and O–H groups in total. The lowest BCUT2D eigenvalue weighted by atomic mass is 10.3. The number of amides is 1. The summed E-state index contributed by atoms with van der Waals surface area (Å²) in [5.74, 6) is 0.375. The van der Waals surface area contributed by atoms with E-state index in [9.17, 15) is 4.79 Å². The van der Waals surface area contributed by atoms with Crippen molar-refractivity contribution in [3.05, 3.63) is 29.9 Å². The Balaban J connectivity index is 2.31. The van der Waals surface area contributed by atoms with Gasteiger partial charge in [0, 0.05) is 6.08 Å². The summed E-state index contributed by atoms with van der Waals surface area (Å²) in [5.41, 5.74) is 5.55. The number of nitrogens with one attached hydrogen (secondary N) is 1. The maximum absolute atomic E-state index is 11.1. The Labute approximate surface area is 73.9 Å². The molecular formula is C8H7N3O2. The molecule has 0 spiro atoms. The third kappa shape index (κ3) is 1.44. The van der Waals surface area contributed by atoms with E-state index >= 15 is 0 Å². The number of nitrogens with two attached hydrogens (primary N) is 1. The standard InChI is InChI=1S/C8H7N3O2/c9-8-10-6(7(12)11-8)4-5-2-1-3-13-5/h1-4H,(H3,9,10,11,12)/b6-4-. The van der Waals surface area contributed by atoms with E-state index in [-0.39, 0.29) is 17.6 Å². The van der Waals surface area contributed by atoms with Crippen molar-refractivity contribution in [3.8, 4) is 0 Å². The van der Waals surface area contributed by atoms with Crippen molar-refractivity contribution < 1.29 is 9.21 Å². The van der Waals surface area contributed by atoms with Crippen LogP contribution in [0.1, 0.15) is 5.76 Å². The maximum Gasteiger partial charge on any atom is 0.276 e. The second-order valence-corrected chi connectivity index (χ2v) is 2.50. The fraction of sp³-hybridized carbons (Fsp3) is 0. The highest BCUT2D eigenvalue weighted by molar-refractivity contribution is 6.13. The van der Waals surface area contributed by atoms with Gasteiger partial charge in [0.25, 0.3) is 5.91 Å². The highest BCUT2D eigenvalue weighted by atomic mass is 16.3. The van der Waals surface area contributed by atoms with Crippen molar-refractivity contribution in [2.75, 3.05) is 0 Å². The number of nitrogens with zero attached hydrogens (tertiary/aromatic N) is 1. The normalized spacial score (nSPS) is 18.9. The van der Waals surface area contributed by atoms with Crippen LogP contribution in [0.25, 0.3) is 6.08 Å². The third-order valence-electron chi connectivity index (χ3n) is 1.54. The minimum Gasteiger partial charge on any atom is -0.465 e. The average molecular weight is 177 g/mol. The maximum atomic E-state index is 11.1. The van der Waals surface area contributed by atoms with Crippen LogP contribution < -0.4 is 11.1 Å². The second kappa shape index (κ2) is 2.78. The minimum atomic E-state index is -0.311. The summed E-state index contributed by atoms with van der Waals surface area (Å²) in [4.78, 5) is 14.9. The average Bonchev–Trinajstić information content (AvgIpc) is 2.63. The van der Waals surface area contributed by atoms with E-state index in [4.69, 9.17) is 10.2 Å². The van der Waals surface area contributed by atoms with Crippen LogP contribution in [0.2, 0.25) is 0 Å². The van der Waals surface area contributed by atoms with E-state index in [2.05, 4.69) is 10.3 Å². The van der Waals surface area contributed by atoms with Crippen molar-refractivity contribution in [2.45, 2.75) is 0 Å². The van der Waals surface area contributed by atoms with Crippen molar-refractivity contribution in [2.24, 2.45) is 10.7 Å². The van der Waals surface area contributed by atoms with Gasteiger partial charge in [-0.1, -0.05) is 0 Å². The van der Waals surface area contributed by atoms with Gasteiger partial charge in [-0.25, -0.2) is 4.99 Å². The molecular weight excluding hydrogens is 170 g/mol. The fourth-order valence-electron chi connectivity index (χ4n) is 0.995. The molecule has 0 unspecified atom stereocenters. The number of carbonyl (C=O) groups is 1. The number of hydrogen-bond donors (Lipinski definition) is 2. The summed E-state index contributed by atoms with van der Waals surface area (Å²) in [6.07, 6.45) is 3.04. The number of furan rings is 1. The largest absolute Gasteiger partial charge is 0.465 e. The topological polar surface area (TPSA) is 80.6 Å². The molecule has 5 heteroatoms. The number of hydrogen-bond acceptors (Lipinski definition) is 4. The first-order chi connectivity index (χ1) is 6.25. The Morgan fingerprint density at radius 3 is 3.00 bits per heavy atom. The zero-order valence-corrected chi connectivity index (χ0v) is 6.65. The fourth-order valence-corrected chi connectivity index (χ4v) is 0.995. The van der Waals surface area contributed by atoms with Gasteiger partial charge in [0.1, 0.15) is 11.5 Å². The number of guanidine groups is 1. The van der Waals surface area contributed by atoms with Crippen LogP contribution in [0.3, 0.4) is 0 Å². The quantitative estimate of drug-likeness (QED) is 0.595. The molecule has 1 aromatic heterocycles. The summed E-state index contributed by atoms with van der Waals surface area (Å²) in [5, 5.41) is 2.36. The Kier molecular flexibility index (Phi) is 1.63. The van der Waals surface area contributed by atoms with E-state index in [0.717, 1.165) is 0 Å². The summed E-state index contributed by atoms with van der Waals surface area (Å²) < 4.78 is 5.01. The Morgan fingerprint density at radius 2 is 2.46 bits per heavy atom. The lowest BCUT2D eigenvalue weighted by molar-refractivity contribution is -0.115. The molecule has 0 saturated carbocycles. The first-order valence-electron chi connectivity index (χ1n) is 3.66. The highest BCUT2D eigenvalue weighted by Gasteiger charge is 2.17. The predicted molar refractivity (Wildman–Crippen MR) is 46.5 cm³/mol. The van der Waals surface area contributed by atoms with Gasteiger partial charge in [-0.05, 0) is 12.1 Å². The Bertz CT molecular complexity index is 390. The van der Waals surface area contributed by atoms with Gasteiger partial charge in [0.05, 0.1) is 6.26 Å². The molecule has 5 nitrogen and oxygen atoms in total. The van der Waals surface area contributed by atoms with Crippen molar-refractivity contribution in [3.63, 3.8) is 0 Å². The van der Waals surface area contributed by atoms with E-state index in [0.29, 0.717) is 5.76 Å². The van der Waals surface area contributed by atoms with Gasteiger partial charge in [0.15, 0.2) is 0 Å². The summed E-state index contributed by atoms with van der Waals surface area (Å²) in [6.45, 7) is 0. The molecule has 2 rings (SSSR count). The van der Waals surface area contributed by atoms with Crippen molar-refractivity contribution >= 4 is 17.9 Å². The van der Waals surface area contributed by atoms with E-state index < -0.39 is 0 Å². The molecule has 0 aliphatic carbocycles. The summed E-state index contributed by atoms with van der Waals surface area (Å²) >= 11 is 0. The molecule has 0 atom stereocenters. The van der Waals surface area contributed by atoms with Crippen LogP contribution >= 0.6 is 0 Å². The molecule has 0 fully saturated rings. The first-order valence-corrected chi connectivity index (χ1v) is 3.66. The molecule has 13 heavy (non-hydrogen) atoms. The number of rotatable bonds is 1. The van der Waals surface area contributed by atoms with Gasteiger partial charge in [0.2, 0.25) is 5.96 Å². The SMILES string of the molecule is NC1=N/C(=C\c2ccco2)C(=O)N1. The van der Waals surface area contributed by atoms with Gasteiger partial charge >= 0.3 is 0 Å². The van der Waals surface area contributed by atoms with Crippen LogP contribution in [-0.2, 0) is 4.79 Å². The van der Waals surface area contributed by atoms with Crippen molar-refractivity contribution in [1.82, 2.24) is 5.32 Å². The summed E-state index contributed by atoms with van der Waals surface area (Å²) in [6, 6.07) is 3.45. The van der Waals surface area contributed by atoms with Crippen LogP contribution in [0.15, 0.2) is 33.5 Å². The van der Waals surface area contributed by atoms with Gasteiger partial charge in [-0.3, -0.25) is 10.1 Å². The monoisotopic (exact) mass is 177 g/mol. The number of aliphatic imine (C=N–C) groups is 1. The van der Waals surface area contributed by atoms with E-state index in [1.165, 1.54) is 12.3 Å². The van der Waals surface area contributed by atoms with Gasteiger partial charge < -0.3 is 10.2 Å². The molecule has 0 radical (unpaired) electrons. The third-order valence-corrected chi connectivity index (χ3v) is 1.54. The predicted octanol–water partition coefficient (Wildman–Crippen LogP) is 0.0650. The molecule has 1 aliphatic heterocycles. The van der Waals surface area contributed by atoms with Gasteiger partial charge in [-0.2, -0.15) is 0 Å². The lowest BCUT2D eigenvalue weighted by Gasteiger charge is -1.88. The van der Waals surface area contributed by atoms with Crippen LogP contribution in [0.4, 0.5) is 0 Å².